The maximum atomic E-state index is 12.0. The van der Waals surface area contributed by atoms with E-state index in [1.807, 2.05) is 0 Å². The molecule has 2 aromatic rings. The van der Waals surface area contributed by atoms with Crippen LogP contribution in [-0.2, 0) is 0 Å². The zero-order chi connectivity index (χ0) is 14.9. The Morgan fingerprint density at radius 1 is 1.05 bits per heavy atom. The summed E-state index contributed by atoms with van der Waals surface area (Å²) in [7, 11) is 0. The second-order valence-electron chi connectivity index (χ2n) is 3.90. The largest absolute Gasteiger partial charge is 0.504 e. The summed E-state index contributed by atoms with van der Waals surface area (Å²) in [5.41, 5.74) is 0.435. The Bertz CT molecular complexity index is 668. The smallest absolute Gasteiger partial charge is 0.255 e. The van der Waals surface area contributed by atoms with Crippen LogP contribution in [0.1, 0.15) is 10.4 Å². The molecule has 0 fully saturated rings. The van der Waals surface area contributed by atoms with Gasteiger partial charge in [0.15, 0.2) is 11.5 Å². The maximum Gasteiger partial charge on any atom is 0.255 e. The summed E-state index contributed by atoms with van der Waals surface area (Å²) in [4.78, 5) is 12.0. The fraction of sp³-hybridized carbons (Fsp3) is 0. The number of hydrogen-bond acceptors (Lipinski definition) is 3. The first-order valence-corrected chi connectivity index (χ1v) is 6.91. The highest BCUT2D eigenvalue weighted by molar-refractivity contribution is 9.10. The predicted octanol–water partition coefficient (Wildman–Crippen LogP) is 4.42. The van der Waals surface area contributed by atoms with E-state index in [9.17, 15) is 15.0 Å². The molecule has 0 unspecified atom stereocenters. The van der Waals surface area contributed by atoms with Gasteiger partial charge < -0.3 is 15.5 Å². The number of halogens is 3. The van der Waals surface area contributed by atoms with Gasteiger partial charge in [0.25, 0.3) is 5.91 Å². The molecule has 1 amide bonds. The van der Waals surface area contributed by atoms with Crippen LogP contribution in [-0.4, -0.2) is 16.1 Å². The number of aromatic hydroxyl groups is 2. The van der Waals surface area contributed by atoms with Crippen molar-refractivity contribution in [2.24, 2.45) is 0 Å². The zero-order valence-electron chi connectivity index (χ0n) is 9.82. The number of phenolic OH excluding ortho intramolecular Hbond substituents is 2. The third-order valence-electron chi connectivity index (χ3n) is 2.48. The molecule has 0 spiro atoms. The van der Waals surface area contributed by atoms with E-state index in [-0.39, 0.29) is 32.8 Å². The van der Waals surface area contributed by atoms with E-state index < -0.39 is 5.91 Å². The quantitative estimate of drug-likeness (QED) is 0.679. The van der Waals surface area contributed by atoms with Gasteiger partial charge in [-0.1, -0.05) is 39.1 Å². The van der Waals surface area contributed by atoms with Gasteiger partial charge in [-0.3, -0.25) is 4.79 Å². The minimum atomic E-state index is -0.508. The van der Waals surface area contributed by atoms with Crippen LogP contribution < -0.4 is 5.32 Å². The van der Waals surface area contributed by atoms with Crippen molar-refractivity contribution in [3.63, 3.8) is 0 Å². The van der Waals surface area contributed by atoms with Crippen molar-refractivity contribution in [1.29, 1.82) is 0 Å². The third kappa shape index (κ3) is 3.17. The number of benzene rings is 2. The number of carbonyl (C=O) groups excluding carboxylic acids is 1. The van der Waals surface area contributed by atoms with Crippen LogP contribution in [0.5, 0.6) is 11.5 Å². The molecule has 0 aliphatic heterocycles. The van der Waals surface area contributed by atoms with Crippen LogP contribution in [0.4, 0.5) is 5.69 Å². The highest BCUT2D eigenvalue weighted by Crippen LogP contribution is 2.34. The molecule has 7 heteroatoms. The first-order chi connectivity index (χ1) is 9.38. The molecule has 2 aromatic carbocycles. The van der Waals surface area contributed by atoms with Crippen LogP contribution >= 0.6 is 39.1 Å². The van der Waals surface area contributed by atoms with Gasteiger partial charge in [0.2, 0.25) is 0 Å². The van der Waals surface area contributed by atoms with Crippen molar-refractivity contribution in [2.45, 2.75) is 0 Å². The van der Waals surface area contributed by atoms with Crippen LogP contribution in [0.25, 0.3) is 0 Å². The molecule has 4 nitrogen and oxygen atoms in total. The van der Waals surface area contributed by atoms with E-state index in [4.69, 9.17) is 23.2 Å². The molecule has 0 aliphatic carbocycles. The van der Waals surface area contributed by atoms with E-state index in [1.54, 1.807) is 12.1 Å². The van der Waals surface area contributed by atoms with Crippen LogP contribution in [0.2, 0.25) is 10.0 Å². The van der Waals surface area contributed by atoms with Crippen LogP contribution in [0, 0.1) is 0 Å². The molecule has 2 rings (SSSR count). The lowest BCUT2D eigenvalue weighted by atomic mass is 10.2. The topological polar surface area (TPSA) is 69.6 Å². The molecule has 0 aromatic heterocycles. The Labute approximate surface area is 133 Å². The van der Waals surface area contributed by atoms with E-state index >= 15 is 0 Å². The van der Waals surface area contributed by atoms with Crippen molar-refractivity contribution in [2.75, 3.05) is 5.32 Å². The monoisotopic (exact) mass is 375 g/mol. The fourth-order valence-electron chi connectivity index (χ4n) is 1.51. The first kappa shape index (κ1) is 15.0. The van der Waals surface area contributed by atoms with Crippen molar-refractivity contribution < 1.29 is 15.0 Å². The molecule has 0 aliphatic rings. The average Bonchev–Trinajstić information content (AvgIpc) is 2.36. The number of phenols is 2. The van der Waals surface area contributed by atoms with Crippen molar-refractivity contribution >= 4 is 50.7 Å². The molecule has 0 saturated heterocycles. The normalized spacial score (nSPS) is 10.3. The van der Waals surface area contributed by atoms with Crippen molar-refractivity contribution in [3.05, 3.63) is 50.4 Å². The van der Waals surface area contributed by atoms with Gasteiger partial charge in [0, 0.05) is 10.0 Å². The van der Waals surface area contributed by atoms with Gasteiger partial charge in [0.05, 0.1) is 15.7 Å². The van der Waals surface area contributed by atoms with Crippen LogP contribution in [0.3, 0.4) is 0 Å². The first-order valence-electron chi connectivity index (χ1n) is 5.36. The Balaban J connectivity index is 2.30. The number of anilines is 1. The Hall–Kier alpha value is -1.43. The minimum Gasteiger partial charge on any atom is -0.504 e. The van der Waals surface area contributed by atoms with Gasteiger partial charge in [-0.05, 0) is 30.3 Å². The highest BCUT2D eigenvalue weighted by atomic mass is 79.9. The lowest BCUT2D eigenvalue weighted by molar-refractivity contribution is 0.102. The van der Waals surface area contributed by atoms with E-state index in [1.165, 1.54) is 12.1 Å². The second-order valence-corrected chi connectivity index (χ2v) is 5.63. The summed E-state index contributed by atoms with van der Waals surface area (Å²) in [5, 5.41) is 21.7. The molecular formula is C13H8BrCl2NO3. The van der Waals surface area contributed by atoms with Crippen LogP contribution in [0.15, 0.2) is 34.8 Å². The standard InChI is InChI=1S/C13H8BrCl2NO3/c14-7-4-8(15)12(9(16)5-7)17-13(20)6-1-2-10(18)11(19)3-6/h1-5,18-19H,(H,17,20). The number of amides is 1. The molecule has 3 N–H and O–H groups in total. The number of carbonyl (C=O) groups is 1. The zero-order valence-corrected chi connectivity index (χ0v) is 12.9. The summed E-state index contributed by atoms with van der Waals surface area (Å²) in [5.74, 6) is -1.20. The lowest BCUT2D eigenvalue weighted by Gasteiger charge is -2.10. The molecule has 20 heavy (non-hydrogen) atoms. The van der Waals surface area contributed by atoms with Gasteiger partial charge in [-0.2, -0.15) is 0 Å². The number of hydrogen-bond donors (Lipinski definition) is 3. The summed E-state index contributed by atoms with van der Waals surface area (Å²) >= 11 is 15.2. The van der Waals surface area contributed by atoms with Gasteiger partial charge in [-0.25, -0.2) is 0 Å². The molecule has 0 saturated carbocycles. The van der Waals surface area contributed by atoms with Crippen molar-refractivity contribution in [1.82, 2.24) is 0 Å². The molecule has 0 bridgehead atoms. The Morgan fingerprint density at radius 2 is 1.65 bits per heavy atom. The van der Waals surface area contributed by atoms with Gasteiger partial charge >= 0.3 is 0 Å². The highest BCUT2D eigenvalue weighted by Gasteiger charge is 2.14. The van der Waals surface area contributed by atoms with E-state index in [0.29, 0.717) is 4.47 Å². The molecular weight excluding hydrogens is 369 g/mol. The van der Waals surface area contributed by atoms with Gasteiger partial charge in [-0.15, -0.1) is 0 Å². The predicted molar refractivity (Wildman–Crippen MR) is 81.9 cm³/mol. The molecule has 0 radical (unpaired) electrons. The summed E-state index contributed by atoms with van der Waals surface area (Å²) in [6.45, 7) is 0. The fourth-order valence-corrected chi connectivity index (χ4v) is 2.81. The summed E-state index contributed by atoms with van der Waals surface area (Å²) < 4.78 is 0.688. The summed E-state index contributed by atoms with van der Waals surface area (Å²) in [6.07, 6.45) is 0. The SMILES string of the molecule is O=C(Nc1c(Cl)cc(Br)cc1Cl)c1ccc(O)c(O)c1. The third-order valence-corrected chi connectivity index (χ3v) is 3.54. The Morgan fingerprint density at radius 3 is 2.20 bits per heavy atom. The molecule has 104 valence electrons. The van der Waals surface area contributed by atoms with E-state index in [0.717, 1.165) is 6.07 Å². The number of nitrogens with one attached hydrogen (secondary N) is 1. The summed E-state index contributed by atoms with van der Waals surface area (Å²) in [6, 6.07) is 6.92. The van der Waals surface area contributed by atoms with Crippen molar-refractivity contribution in [3.8, 4) is 11.5 Å². The average molecular weight is 377 g/mol. The lowest BCUT2D eigenvalue weighted by Crippen LogP contribution is -2.12. The van der Waals surface area contributed by atoms with Gasteiger partial charge in [0.1, 0.15) is 0 Å². The van der Waals surface area contributed by atoms with E-state index in [2.05, 4.69) is 21.2 Å². The maximum absolute atomic E-state index is 12.0. The number of rotatable bonds is 2. The molecule has 0 heterocycles. The Kier molecular flexibility index (Phi) is 4.42. The minimum absolute atomic E-state index is 0.162. The second kappa shape index (κ2) is 5.91. The molecule has 0 atom stereocenters.